The van der Waals surface area contributed by atoms with Gasteiger partial charge in [0.1, 0.15) is 0 Å². The van der Waals surface area contributed by atoms with Crippen molar-refractivity contribution in [2.75, 3.05) is 11.4 Å². The molecule has 1 heterocycles. The van der Waals surface area contributed by atoms with Gasteiger partial charge in [-0.15, -0.1) is 12.4 Å². The molecule has 0 saturated heterocycles. The highest BCUT2D eigenvalue weighted by Crippen LogP contribution is 2.27. The summed E-state index contributed by atoms with van der Waals surface area (Å²) in [7, 11) is 0. The summed E-state index contributed by atoms with van der Waals surface area (Å²) in [6, 6.07) is 7.71. The van der Waals surface area contributed by atoms with E-state index in [4.69, 9.17) is 5.73 Å². The van der Waals surface area contributed by atoms with E-state index in [1.807, 2.05) is 36.9 Å². The second-order valence-corrected chi connectivity index (χ2v) is 4.99. The van der Waals surface area contributed by atoms with Crippen molar-refractivity contribution in [3.63, 3.8) is 0 Å². The maximum absolute atomic E-state index is 12.3. The first kappa shape index (κ1) is 15.0. The normalized spacial score (nSPS) is 15.9. The molecule has 1 amide bonds. The van der Waals surface area contributed by atoms with Gasteiger partial charge in [0.2, 0.25) is 5.91 Å². The van der Waals surface area contributed by atoms with Crippen LogP contribution in [0.1, 0.15) is 25.8 Å². The van der Waals surface area contributed by atoms with Gasteiger partial charge in [0.25, 0.3) is 0 Å². The predicted octanol–water partition coefficient (Wildman–Crippen LogP) is 2.37. The van der Waals surface area contributed by atoms with Gasteiger partial charge in [0, 0.05) is 12.2 Å². The molecule has 0 bridgehead atoms. The zero-order chi connectivity index (χ0) is 12.4. The van der Waals surface area contributed by atoms with Gasteiger partial charge in [-0.3, -0.25) is 4.79 Å². The fraction of sp³-hybridized carbons (Fsp3) is 0.500. The summed E-state index contributed by atoms with van der Waals surface area (Å²) in [5, 5.41) is 0. The molecule has 1 unspecified atom stereocenters. The minimum Gasteiger partial charge on any atom is -0.320 e. The monoisotopic (exact) mass is 268 g/mol. The van der Waals surface area contributed by atoms with E-state index in [2.05, 4.69) is 6.07 Å². The van der Waals surface area contributed by atoms with Gasteiger partial charge in [0.15, 0.2) is 0 Å². The third-order valence-corrected chi connectivity index (χ3v) is 3.38. The van der Waals surface area contributed by atoms with Gasteiger partial charge in [-0.05, 0) is 30.4 Å². The number of para-hydroxylation sites is 1. The van der Waals surface area contributed by atoms with E-state index in [9.17, 15) is 4.79 Å². The first-order chi connectivity index (χ1) is 8.11. The molecule has 4 heteroatoms. The van der Waals surface area contributed by atoms with E-state index in [0.29, 0.717) is 0 Å². The second-order valence-electron chi connectivity index (χ2n) is 4.99. The van der Waals surface area contributed by atoms with Crippen molar-refractivity contribution in [2.24, 2.45) is 11.7 Å². The number of anilines is 1. The van der Waals surface area contributed by atoms with Crippen LogP contribution in [0.5, 0.6) is 0 Å². The Bertz CT molecular complexity index is 420. The molecule has 2 rings (SSSR count). The Morgan fingerprint density at radius 2 is 2.00 bits per heavy atom. The number of fused-ring (bicyclic) bond motifs is 1. The fourth-order valence-electron chi connectivity index (χ4n) is 2.23. The Balaban J connectivity index is 0.00000162. The largest absolute Gasteiger partial charge is 0.320 e. The number of hydrogen-bond donors (Lipinski definition) is 1. The van der Waals surface area contributed by atoms with Crippen LogP contribution in [-0.4, -0.2) is 18.5 Å². The van der Waals surface area contributed by atoms with Crippen LogP contribution in [0.3, 0.4) is 0 Å². The van der Waals surface area contributed by atoms with E-state index in [-0.39, 0.29) is 24.2 Å². The zero-order valence-corrected chi connectivity index (χ0v) is 11.7. The first-order valence-electron chi connectivity index (χ1n) is 6.26. The Kier molecular flexibility index (Phi) is 5.17. The molecular formula is C14H21ClN2O. The van der Waals surface area contributed by atoms with Crippen molar-refractivity contribution >= 4 is 24.0 Å². The van der Waals surface area contributed by atoms with Gasteiger partial charge in [-0.25, -0.2) is 0 Å². The summed E-state index contributed by atoms with van der Waals surface area (Å²) < 4.78 is 0. The molecule has 0 spiro atoms. The first-order valence-corrected chi connectivity index (χ1v) is 6.26. The molecule has 0 aliphatic carbocycles. The Morgan fingerprint density at radius 3 is 2.67 bits per heavy atom. The van der Waals surface area contributed by atoms with E-state index in [1.165, 1.54) is 5.56 Å². The summed E-state index contributed by atoms with van der Waals surface area (Å²) in [4.78, 5) is 14.2. The Labute approximate surface area is 115 Å². The SMILES string of the molecule is CC(C)C(N)C(=O)N1CCCc2ccccc21.Cl. The van der Waals surface area contributed by atoms with Crippen LogP contribution in [0.15, 0.2) is 24.3 Å². The van der Waals surface area contributed by atoms with E-state index >= 15 is 0 Å². The van der Waals surface area contributed by atoms with Gasteiger partial charge in [-0.1, -0.05) is 32.0 Å². The lowest BCUT2D eigenvalue weighted by atomic mass is 9.98. The molecule has 1 aromatic carbocycles. The maximum Gasteiger partial charge on any atom is 0.244 e. The third-order valence-electron chi connectivity index (χ3n) is 3.38. The molecule has 1 atom stereocenters. The van der Waals surface area contributed by atoms with Crippen LogP contribution in [0.2, 0.25) is 0 Å². The van der Waals surface area contributed by atoms with Crippen LogP contribution < -0.4 is 10.6 Å². The lowest BCUT2D eigenvalue weighted by Gasteiger charge is -2.32. The van der Waals surface area contributed by atoms with E-state index in [1.54, 1.807) is 0 Å². The van der Waals surface area contributed by atoms with Crippen molar-refractivity contribution in [3.8, 4) is 0 Å². The van der Waals surface area contributed by atoms with Crippen LogP contribution in [0.25, 0.3) is 0 Å². The molecule has 2 N–H and O–H groups in total. The second kappa shape index (κ2) is 6.21. The number of amides is 1. The molecule has 0 aromatic heterocycles. The molecule has 3 nitrogen and oxygen atoms in total. The highest BCUT2D eigenvalue weighted by Gasteiger charge is 2.27. The molecule has 0 fully saturated rings. The predicted molar refractivity (Wildman–Crippen MR) is 77.2 cm³/mol. The van der Waals surface area contributed by atoms with Crippen molar-refractivity contribution < 1.29 is 4.79 Å². The molecule has 0 radical (unpaired) electrons. The molecule has 100 valence electrons. The average molecular weight is 269 g/mol. The number of carbonyl (C=O) groups excluding carboxylic acids is 1. The third kappa shape index (κ3) is 2.85. The number of aryl methyl sites for hydroxylation is 1. The quantitative estimate of drug-likeness (QED) is 0.895. The summed E-state index contributed by atoms with van der Waals surface area (Å²) in [5.74, 6) is 0.226. The van der Waals surface area contributed by atoms with Crippen LogP contribution in [0.4, 0.5) is 5.69 Å². The summed E-state index contributed by atoms with van der Waals surface area (Å²) in [6.45, 7) is 4.76. The fourth-order valence-corrected chi connectivity index (χ4v) is 2.23. The lowest BCUT2D eigenvalue weighted by Crippen LogP contribution is -2.48. The van der Waals surface area contributed by atoms with Crippen molar-refractivity contribution in [1.82, 2.24) is 0 Å². The lowest BCUT2D eigenvalue weighted by molar-refractivity contribution is -0.120. The molecule has 1 aliphatic rings. The van der Waals surface area contributed by atoms with Gasteiger partial charge in [0.05, 0.1) is 6.04 Å². The summed E-state index contributed by atoms with van der Waals surface area (Å²) in [5.41, 5.74) is 8.25. The zero-order valence-electron chi connectivity index (χ0n) is 10.9. The standard InChI is InChI=1S/C14H20N2O.ClH/c1-10(2)13(15)14(17)16-9-5-7-11-6-3-4-8-12(11)16;/h3-4,6,8,10,13H,5,7,9,15H2,1-2H3;1H. The topological polar surface area (TPSA) is 46.3 Å². The van der Waals surface area contributed by atoms with Crippen molar-refractivity contribution in [3.05, 3.63) is 29.8 Å². The molecule has 1 aliphatic heterocycles. The van der Waals surface area contributed by atoms with Crippen LogP contribution in [-0.2, 0) is 11.2 Å². The Hall–Kier alpha value is -1.06. The molecule has 18 heavy (non-hydrogen) atoms. The highest BCUT2D eigenvalue weighted by molar-refractivity contribution is 5.98. The van der Waals surface area contributed by atoms with Gasteiger partial charge >= 0.3 is 0 Å². The van der Waals surface area contributed by atoms with Gasteiger partial charge < -0.3 is 10.6 Å². The molecule has 0 saturated carbocycles. The maximum atomic E-state index is 12.3. The van der Waals surface area contributed by atoms with E-state index < -0.39 is 6.04 Å². The number of rotatable bonds is 2. The number of nitrogens with zero attached hydrogens (tertiary/aromatic N) is 1. The van der Waals surface area contributed by atoms with Gasteiger partial charge in [-0.2, -0.15) is 0 Å². The minimum absolute atomic E-state index is 0. The number of nitrogens with two attached hydrogens (primary N) is 1. The van der Waals surface area contributed by atoms with Crippen LogP contribution in [0, 0.1) is 5.92 Å². The smallest absolute Gasteiger partial charge is 0.244 e. The highest BCUT2D eigenvalue weighted by atomic mass is 35.5. The average Bonchev–Trinajstić information content (AvgIpc) is 2.36. The molecular weight excluding hydrogens is 248 g/mol. The minimum atomic E-state index is -0.402. The Morgan fingerprint density at radius 1 is 1.33 bits per heavy atom. The van der Waals surface area contributed by atoms with Crippen molar-refractivity contribution in [1.29, 1.82) is 0 Å². The number of halogens is 1. The van der Waals surface area contributed by atoms with E-state index in [0.717, 1.165) is 25.1 Å². The number of hydrogen-bond acceptors (Lipinski definition) is 2. The summed E-state index contributed by atoms with van der Waals surface area (Å²) >= 11 is 0. The molecule has 1 aromatic rings. The van der Waals surface area contributed by atoms with Crippen LogP contribution >= 0.6 is 12.4 Å². The van der Waals surface area contributed by atoms with Crippen molar-refractivity contribution in [2.45, 2.75) is 32.7 Å². The number of benzene rings is 1. The summed E-state index contributed by atoms with van der Waals surface area (Å²) in [6.07, 6.45) is 2.07. The number of carbonyl (C=O) groups is 1.